The molecule has 3 aromatic heterocycles. The molecule has 0 aliphatic carbocycles. The summed E-state index contributed by atoms with van der Waals surface area (Å²) in [5.74, 6) is -0.291. The minimum absolute atomic E-state index is 0. The van der Waals surface area contributed by atoms with E-state index in [4.69, 9.17) is 15.0 Å². The Morgan fingerprint density at radius 3 is 1.22 bits per heavy atom. The van der Waals surface area contributed by atoms with Crippen LogP contribution in [-0.2, 0) is 30.4 Å². The SMILES string of the molecule is CC(=O)c1ccc(-c2ccc3c4nc5nc(nc6[nH]c(nc7nc(nc([nH]4)c3c2)-c2ccc(S(=O)(=O)[O-])cc2-7)c2ccc(S(=O)(=O)[O-])cc62)-c2ccc(S(=O)(=O)[O-])cc2-5)cc1.[Na+].[Na+].[Na+]. The Hall–Kier alpha value is -4.14. The molecule has 10 rings (SSSR count). The van der Waals surface area contributed by atoms with Crippen LogP contribution >= 0.6 is 0 Å². The fraction of sp³-hybridized carbons (Fsp3) is 0.0250. The first kappa shape index (κ1) is 47.8. The number of hydrogen-bond acceptors (Lipinski definition) is 16. The van der Waals surface area contributed by atoms with E-state index in [9.17, 15) is 43.7 Å². The molecule has 8 bridgehead atoms. The van der Waals surface area contributed by atoms with E-state index in [1.807, 2.05) is 12.1 Å². The van der Waals surface area contributed by atoms with E-state index in [0.29, 0.717) is 16.3 Å². The van der Waals surface area contributed by atoms with Crippen molar-refractivity contribution >= 4 is 80.3 Å². The fourth-order valence-corrected chi connectivity index (χ4v) is 8.77. The molecule has 0 atom stereocenters. The van der Waals surface area contributed by atoms with E-state index in [0.717, 1.165) is 47.5 Å². The Morgan fingerprint density at radius 1 is 0.422 bits per heavy atom. The van der Waals surface area contributed by atoms with E-state index in [-0.39, 0.29) is 173 Å². The number of hydrogen-bond donors (Lipinski definition) is 2. The number of nitrogens with zero attached hydrogens (tertiary/aromatic N) is 6. The predicted octanol–water partition coefficient (Wildman–Crippen LogP) is -3.54. The summed E-state index contributed by atoms with van der Waals surface area (Å²) >= 11 is 0. The second kappa shape index (κ2) is 17.3. The third-order valence-corrected chi connectivity index (χ3v) is 12.7. The standard InChI is InChI=1S/C40H24N8O10S3.3Na/c1-18(49)19-2-4-20(5-3-19)21-6-10-25-29(14-21)37-41-33(25)43-38-31-16-23(60(53,54)55)8-12-27(31)35(45-38)47-40-32-17-24(61(56,57)58)9-13-28(32)36(48-40)46-39-30-15-22(59(50,51)52)7-11-26(30)34(42-37)44-39;;;/h2-17H,1H3,(H,50,51,52)(H,53,54,55)(H,56,57,58)(H2,41,42,43,44,45,46,47,48);;;/q;3*+1/p-3. The number of fused-ring (bicyclic) bond motifs is 20. The summed E-state index contributed by atoms with van der Waals surface area (Å²) in [7, 11) is -14.9. The zero-order valence-electron chi connectivity index (χ0n) is 33.7. The maximum atomic E-state index is 12.2. The van der Waals surface area contributed by atoms with Gasteiger partial charge in [0.2, 0.25) is 0 Å². The number of carbonyl (C=O) groups excluding carboxylic acids is 1. The van der Waals surface area contributed by atoms with Crippen LogP contribution in [0.3, 0.4) is 0 Å². The molecule has 2 aliphatic rings. The smallest absolute Gasteiger partial charge is 0.744 e. The van der Waals surface area contributed by atoms with Crippen LogP contribution in [0.2, 0.25) is 0 Å². The van der Waals surface area contributed by atoms with E-state index < -0.39 is 45.0 Å². The zero-order chi connectivity index (χ0) is 42.7. The monoisotopic (exact) mass is 938 g/mol. The van der Waals surface area contributed by atoms with Crippen LogP contribution in [0, 0.1) is 0 Å². The number of benzene rings is 5. The summed E-state index contributed by atoms with van der Waals surface area (Å²) in [6.45, 7) is 1.46. The zero-order valence-corrected chi connectivity index (χ0v) is 42.2. The van der Waals surface area contributed by atoms with Crippen molar-refractivity contribution in [2.75, 3.05) is 0 Å². The molecule has 0 fully saturated rings. The average molecular weight is 939 g/mol. The number of Topliss-reactive ketones (excluding diaryl/α,β-unsaturated/α-hetero) is 1. The number of aromatic nitrogens is 8. The number of H-pyrrole nitrogens is 2. The van der Waals surface area contributed by atoms with Crippen molar-refractivity contribution in [3.05, 3.63) is 103 Å². The number of aromatic amines is 2. The molecular weight excluding hydrogens is 918 g/mol. The summed E-state index contributed by atoms with van der Waals surface area (Å²) in [6, 6.07) is 22.9. The molecule has 18 nitrogen and oxygen atoms in total. The molecule has 5 heterocycles. The van der Waals surface area contributed by atoms with Crippen LogP contribution in [0.1, 0.15) is 17.3 Å². The molecule has 0 spiro atoms. The van der Waals surface area contributed by atoms with Crippen LogP contribution in [0.4, 0.5) is 0 Å². The molecule has 0 radical (unpaired) electrons. The number of ketones is 1. The second-order valence-corrected chi connectivity index (χ2v) is 18.1. The molecule has 302 valence electrons. The van der Waals surface area contributed by atoms with Gasteiger partial charge in [-0.2, -0.15) is 0 Å². The first-order chi connectivity index (χ1) is 28.9. The number of rotatable bonds is 5. The van der Waals surface area contributed by atoms with Crippen molar-refractivity contribution in [2.24, 2.45) is 0 Å². The Kier molecular flexibility index (Phi) is 12.9. The van der Waals surface area contributed by atoms with E-state index in [2.05, 4.69) is 24.9 Å². The molecule has 0 saturated heterocycles. The van der Waals surface area contributed by atoms with Gasteiger partial charge < -0.3 is 23.6 Å². The quantitative estimate of drug-likeness (QED) is 0.0960. The van der Waals surface area contributed by atoms with Gasteiger partial charge in [0.25, 0.3) is 0 Å². The van der Waals surface area contributed by atoms with Gasteiger partial charge in [0.1, 0.15) is 52.9 Å². The van der Waals surface area contributed by atoms with Crippen molar-refractivity contribution in [3.8, 4) is 56.7 Å². The minimum Gasteiger partial charge on any atom is -0.744 e. The fourth-order valence-electron chi connectivity index (χ4n) is 7.27. The van der Waals surface area contributed by atoms with Gasteiger partial charge in [-0.05, 0) is 84.8 Å². The van der Waals surface area contributed by atoms with E-state index in [1.54, 1.807) is 30.3 Å². The van der Waals surface area contributed by atoms with Gasteiger partial charge in [0.15, 0.2) is 29.1 Å². The molecule has 64 heavy (non-hydrogen) atoms. The van der Waals surface area contributed by atoms with Crippen LogP contribution < -0.4 is 88.7 Å². The normalized spacial score (nSPS) is 12.1. The third kappa shape index (κ3) is 8.56. The van der Waals surface area contributed by atoms with Crippen molar-refractivity contribution in [1.82, 2.24) is 39.9 Å². The van der Waals surface area contributed by atoms with Gasteiger partial charge in [-0.15, -0.1) is 0 Å². The molecule has 8 aromatic rings. The summed E-state index contributed by atoms with van der Waals surface area (Å²) in [4.78, 5) is 44.8. The molecule has 0 saturated carbocycles. The maximum absolute atomic E-state index is 12.2. The first-order valence-electron chi connectivity index (χ1n) is 17.8. The van der Waals surface area contributed by atoms with Gasteiger partial charge in [0, 0.05) is 49.4 Å². The van der Waals surface area contributed by atoms with Crippen molar-refractivity contribution in [3.63, 3.8) is 0 Å². The van der Waals surface area contributed by atoms with E-state index >= 15 is 0 Å². The molecule has 0 amide bonds. The van der Waals surface area contributed by atoms with Gasteiger partial charge in [-0.25, -0.2) is 55.2 Å². The largest absolute Gasteiger partial charge is 1.00 e. The molecule has 2 aliphatic heterocycles. The molecule has 5 aromatic carbocycles. The summed E-state index contributed by atoms with van der Waals surface area (Å²) in [5, 5.41) is 1.34. The van der Waals surface area contributed by atoms with Gasteiger partial charge >= 0.3 is 88.7 Å². The Labute approximate surface area is 428 Å². The maximum Gasteiger partial charge on any atom is 1.00 e. The van der Waals surface area contributed by atoms with E-state index in [1.165, 1.54) is 25.1 Å². The van der Waals surface area contributed by atoms with Crippen molar-refractivity contribution in [2.45, 2.75) is 21.6 Å². The van der Waals surface area contributed by atoms with Crippen LogP contribution in [-0.4, -0.2) is 84.6 Å². The number of carbonyl (C=O) groups is 1. The molecule has 24 heteroatoms. The van der Waals surface area contributed by atoms with Crippen molar-refractivity contribution < 1.29 is 132 Å². The third-order valence-electron chi connectivity index (χ3n) is 10.2. The van der Waals surface area contributed by atoms with Gasteiger partial charge in [-0.3, -0.25) is 4.79 Å². The second-order valence-electron chi connectivity index (χ2n) is 14.0. The van der Waals surface area contributed by atoms with Gasteiger partial charge in [0.05, 0.1) is 14.7 Å². The van der Waals surface area contributed by atoms with Gasteiger partial charge in [-0.1, -0.05) is 30.3 Å². The Balaban J connectivity index is 0.00000204. The molecular formula is C40H21N8Na3O10S3. The van der Waals surface area contributed by atoms with Crippen LogP contribution in [0.25, 0.3) is 101 Å². The minimum atomic E-state index is -4.97. The summed E-state index contributed by atoms with van der Waals surface area (Å²) < 4.78 is 110. The Bertz CT molecular complexity index is 3810. The molecule has 2 N–H and O–H groups in total. The number of nitrogens with one attached hydrogen (secondary N) is 2. The summed E-state index contributed by atoms with van der Waals surface area (Å²) in [5.41, 5.74) is 3.11. The van der Waals surface area contributed by atoms with Crippen molar-refractivity contribution in [1.29, 1.82) is 0 Å². The van der Waals surface area contributed by atoms with Crippen LogP contribution in [0.5, 0.6) is 0 Å². The first-order valence-corrected chi connectivity index (χ1v) is 22.0. The Morgan fingerprint density at radius 2 is 0.781 bits per heavy atom. The predicted molar refractivity (Wildman–Crippen MR) is 215 cm³/mol. The average Bonchev–Trinajstić information content (AvgIpc) is 3.94. The summed E-state index contributed by atoms with van der Waals surface area (Å²) in [6.07, 6.45) is 0. The topological polar surface area (TPSA) is 298 Å². The van der Waals surface area contributed by atoms with Crippen LogP contribution in [0.15, 0.2) is 112 Å². The molecule has 0 unspecified atom stereocenters.